The lowest BCUT2D eigenvalue weighted by Gasteiger charge is -2.21. The van der Waals surface area contributed by atoms with Crippen molar-refractivity contribution in [1.29, 1.82) is 5.26 Å². The van der Waals surface area contributed by atoms with Gasteiger partial charge in [0.1, 0.15) is 6.04 Å². The molecule has 0 saturated heterocycles. The molecule has 0 aromatic heterocycles. The Balaban J connectivity index is 1.78. The van der Waals surface area contributed by atoms with Gasteiger partial charge in [0.05, 0.1) is 22.8 Å². The van der Waals surface area contributed by atoms with Crippen LogP contribution in [0.5, 0.6) is 0 Å². The summed E-state index contributed by atoms with van der Waals surface area (Å²) in [6.07, 6.45) is 0. The van der Waals surface area contributed by atoms with Gasteiger partial charge in [0.2, 0.25) is 5.91 Å². The van der Waals surface area contributed by atoms with Crippen LogP contribution in [0.3, 0.4) is 0 Å². The van der Waals surface area contributed by atoms with Gasteiger partial charge in [-0.15, -0.1) is 0 Å². The number of fused-ring (bicyclic) bond motifs is 1. The Kier molecular flexibility index (Phi) is 3.84. The summed E-state index contributed by atoms with van der Waals surface area (Å²) in [5.74, 6) is -1.43. The fraction of sp³-hybridized carbons (Fsp3) is 0.111. The minimum atomic E-state index is -0.951. The van der Waals surface area contributed by atoms with Gasteiger partial charge in [0.15, 0.2) is 0 Å². The number of nitrogens with zero attached hydrogens (tertiary/aromatic N) is 2. The van der Waals surface area contributed by atoms with E-state index in [-0.39, 0.29) is 0 Å². The van der Waals surface area contributed by atoms with Crippen molar-refractivity contribution in [2.24, 2.45) is 0 Å². The van der Waals surface area contributed by atoms with Crippen molar-refractivity contribution in [1.82, 2.24) is 4.90 Å². The van der Waals surface area contributed by atoms with Gasteiger partial charge in [-0.1, -0.05) is 12.1 Å². The Morgan fingerprint density at radius 2 is 1.58 bits per heavy atom. The summed E-state index contributed by atoms with van der Waals surface area (Å²) in [5, 5.41) is 11.4. The maximum atomic E-state index is 12.4. The highest BCUT2D eigenvalue weighted by molar-refractivity contribution is 6.23. The van der Waals surface area contributed by atoms with Crippen molar-refractivity contribution in [3.8, 4) is 6.07 Å². The van der Waals surface area contributed by atoms with Gasteiger partial charge in [-0.3, -0.25) is 19.3 Å². The van der Waals surface area contributed by atoms with Crippen molar-refractivity contribution < 1.29 is 14.4 Å². The third kappa shape index (κ3) is 2.52. The first-order chi connectivity index (χ1) is 11.5. The average Bonchev–Trinajstić information content (AvgIpc) is 2.86. The molecule has 1 aliphatic rings. The SMILES string of the molecule is C[C@H](C(=O)Nc1ccc(C#N)cc1)N1C(=O)c2ccccc2C1=O. The van der Waals surface area contributed by atoms with Crippen LogP contribution < -0.4 is 5.32 Å². The highest BCUT2D eigenvalue weighted by Crippen LogP contribution is 2.24. The Hall–Kier alpha value is -3.46. The quantitative estimate of drug-likeness (QED) is 0.878. The topological polar surface area (TPSA) is 90.3 Å². The Bertz CT molecular complexity index is 846. The highest BCUT2D eigenvalue weighted by atomic mass is 16.2. The van der Waals surface area contributed by atoms with Crippen molar-refractivity contribution in [2.75, 3.05) is 5.32 Å². The van der Waals surface area contributed by atoms with Crippen LogP contribution in [0.15, 0.2) is 48.5 Å². The van der Waals surface area contributed by atoms with Crippen molar-refractivity contribution in [3.63, 3.8) is 0 Å². The maximum absolute atomic E-state index is 12.4. The minimum absolute atomic E-state index is 0.306. The number of rotatable bonds is 3. The largest absolute Gasteiger partial charge is 0.324 e. The second kappa shape index (κ2) is 5.97. The summed E-state index contributed by atoms with van der Waals surface area (Å²) in [6.45, 7) is 1.50. The van der Waals surface area contributed by atoms with E-state index in [1.54, 1.807) is 48.5 Å². The summed E-state index contributed by atoms with van der Waals surface area (Å²) in [7, 11) is 0. The molecule has 3 rings (SSSR count). The van der Waals surface area contributed by atoms with Crippen LogP contribution in [0.25, 0.3) is 0 Å². The lowest BCUT2D eigenvalue weighted by atomic mass is 10.1. The molecule has 1 atom stereocenters. The molecule has 0 saturated carbocycles. The standard InChI is InChI=1S/C18H13N3O3/c1-11(16(22)20-13-8-6-12(10-19)7-9-13)21-17(23)14-4-2-3-5-15(14)18(21)24/h2-9,11H,1H3,(H,20,22)/t11-/m1/s1. The first kappa shape index (κ1) is 15.4. The van der Waals surface area contributed by atoms with Crippen LogP contribution >= 0.6 is 0 Å². The number of carbonyl (C=O) groups is 3. The predicted molar refractivity (Wildman–Crippen MR) is 86.2 cm³/mol. The molecule has 1 N–H and O–H groups in total. The van der Waals surface area contributed by atoms with Crippen LogP contribution in [0.2, 0.25) is 0 Å². The Morgan fingerprint density at radius 3 is 2.08 bits per heavy atom. The fourth-order valence-electron chi connectivity index (χ4n) is 2.55. The normalized spacial score (nSPS) is 14.1. The smallest absolute Gasteiger partial charge is 0.262 e. The number of imide groups is 1. The molecule has 0 radical (unpaired) electrons. The van der Waals surface area contributed by atoms with Crippen molar-refractivity contribution >= 4 is 23.4 Å². The molecule has 1 heterocycles. The zero-order valence-corrected chi connectivity index (χ0v) is 12.8. The van der Waals surface area contributed by atoms with E-state index in [4.69, 9.17) is 5.26 Å². The van der Waals surface area contributed by atoms with Crippen molar-refractivity contribution in [3.05, 3.63) is 65.2 Å². The second-order valence-corrected chi connectivity index (χ2v) is 5.38. The lowest BCUT2D eigenvalue weighted by molar-refractivity contribution is -0.119. The van der Waals surface area contributed by atoms with Gasteiger partial charge in [-0.05, 0) is 43.3 Å². The van der Waals surface area contributed by atoms with Crippen LogP contribution in [0.4, 0.5) is 5.69 Å². The zero-order chi connectivity index (χ0) is 17.3. The molecule has 24 heavy (non-hydrogen) atoms. The molecule has 0 unspecified atom stereocenters. The summed E-state index contributed by atoms with van der Waals surface area (Å²) in [5.41, 5.74) is 1.57. The summed E-state index contributed by atoms with van der Waals surface area (Å²) < 4.78 is 0. The van der Waals surface area contributed by atoms with E-state index in [0.717, 1.165) is 4.90 Å². The number of hydrogen-bond acceptors (Lipinski definition) is 4. The zero-order valence-electron chi connectivity index (χ0n) is 12.8. The van der Waals surface area contributed by atoms with Gasteiger partial charge >= 0.3 is 0 Å². The van der Waals surface area contributed by atoms with Crippen molar-refractivity contribution in [2.45, 2.75) is 13.0 Å². The van der Waals surface area contributed by atoms with Gasteiger partial charge in [0.25, 0.3) is 11.8 Å². The number of amides is 3. The molecule has 0 spiro atoms. The third-order valence-electron chi connectivity index (χ3n) is 3.87. The summed E-state index contributed by atoms with van der Waals surface area (Å²) >= 11 is 0. The molecule has 2 aromatic rings. The number of nitrogens with one attached hydrogen (secondary N) is 1. The van der Waals surface area contributed by atoms with Gasteiger partial charge < -0.3 is 5.32 Å². The maximum Gasteiger partial charge on any atom is 0.262 e. The Morgan fingerprint density at radius 1 is 1.04 bits per heavy atom. The highest BCUT2D eigenvalue weighted by Gasteiger charge is 2.40. The molecular weight excluding hydrogens is 306 g/mol. The molecule has 3 amide bonds. The lowest BCUT2D eigenvalue weighted by Crippen LogP contribution is -2.45. The van der Waals surface area contributed by atoms with Crippen LogP contribution in [0, 0.1) is 11.3 Å². The predicted octanol–water partition coefficient (Wildman–Crippen LogP) is 2.18. The summed E-state index contributed by atoms with van der Waals surface area (Å²) in [4.78, 5) is 38.1. The molecule has 0 fully saturated rings. The molecular formula is C18H13N3O3. The molecule has 2 aromatic carbocycles. The molecule has 0 bridgehead atoms. The van der Waals surface area contributed by atoms with E-state index in [2.05, 4.69) is 5.32 Å². The Labute approximate surface area is 138 Å². The number of hydrogen-bond donors (Lipinski definition) is 1. The van der Waals surface area contributed by atoms with Gasteiger partial charge in [0, 0.05) is 5.69 Å². The van der Waals surface area contributed by atoms with E-state index in [0.29, 0.717) is 22.4 Å². The average molecular weight is 319 g/mol. The van der Waals surface area contributed by atoms with Gasteiger partial charge in [-0.2, -0.15) is 5.26 Å². The number of nitriles is 1. The third-order valence-corrected chi connectivity index (χ3v) is 3.87. The first-order valence-electron chi connectivity index (χ1n) is 7.31. The van der Waals surface area contributed by atoms with Crippen LogP contribution in [-0.2, 0) is 4.79 Å². The number of benzene rings is 2. The monoisotopic (exact) mass is 319 g/mol. The molecule has 118 valence electrons. The first-order valence-corrected chi connectivity index (χ1v) is 7.31. The van der Waals surface area contributed by atoms with Crippen LogP contribution in [0.1, 0.15) is 33.2 Å². The summed E-state index contributed by atoms with van der Waals surface area (Å²) in [6, 6.07) is 13.8. The molecule has 6 nitrogen and oxygen atoms in total. The van der Waals surface area contributed by atoms with E-state index >= 15 is 0 Å². The van der Waals surface area contributed by atoms with E-state index in [9.17, 15) is 14.4 Å². The molecule has 1 aliphatic heterocycles. The van der Waals surface area contributed by atoms with E-state index in [1.807, 2.05) is 6.07 Å². The fourth-order valence-corrected chi connectivity index (χ4v) is 2.55. The van der Waals surface area contributed by atoms with Crippen LogP contribution in [-0.4, -0.2) is 28.7 Å². The molecule has 6 heteroatoms. The minimum Gasteiger partial charge on any atom is -0.324 e. The second-order valence-electron chi connectivity index (χ2n) is 5.38. The number of carbonyl (C=O) groups excluding carboxylic acids is 3. The molecule has 0 aliphatic carbocycles. The van der Waals surface area contributed by atoms with E-state index < -0.39 is 23.8 Å². The number of anilines is 1. The van der Waals surface area contributed by atoms with Gasteiger partial charge in [-0.25, -0.2) is 0 Å². The van der Waals surface area contributed by atoms with E-state index in [1.165, 1.54) is 6.92 Å².